The number of nitrogens with one attached hydrogen (secondary N) is 1. The Morgan fingerprint density at radius 3 is 2.50 bits per heavy atom. The van der Waals surface area contributed by atoms with Crippen LogP contribution in [0, 0.1) is 17.5 Å². The zero-order valence-corrected chi connectivity index (χ0v) is 10.5. The lowest BCUT2D eigenvalue weighted by molar-refractivity contribution is 0.102. The standard InChI is InChI=1S/C12H7ClF3N3O/c13-11-6(1-5(17)4-18-11)12(20)19-10-3-8(15)7(14)2-9(10)16/h1-4H,17H2,(H,19,20). The van der Waals surface area contributed by atoms with Gasteiger partial charge in [0, 0.05) is 12.1 Å². The van der Waals surface area contributed by atoms with Gasteiger partial charge in [-0.25, -0.2) is 18.2 Å². The van der Waals surface area contributed by atoms with Gasteiger partial charge >= 0.3 is 0 Å². The second-order valence-electron chi connectivity index (χ2n) is 3.81. The third kappa shape index (κ3) is 2.83. The Morgan fingerprint density at radius 2 is 1.80 bits per heavy atom. The van der Waals surface area contributed by atoms with E-state index in [9.17, 15) is 18.0 Å². The van der Waals surface area contributed by atoms with Crippen LogP contribution in [0.3, 0.4) is 0 Å². The van der Waals surface area contributed by atoms with E-state index in [1.807, 2.05) is 0 Å². The Kier molecular flexibility index (Phi) is 3.80. The molecule has 0 unspecified atom stereocenters. The molecule has 8 heteroatoms. The summed E-state index contributed by atoms with van der Waals surface area (Å²) in [6.07, 6.45) is 1.23. The second-order valence-corrected chi connectivity index (χ2v) is 4.17. The summed E-state index contributed by atoms with van der Waals surface area (Å²) >= 11 is 5.70. The molecule has 2 aromatic rings. The number of pyridine rings is 1. The van der Waals surface area contributed by atoms with Gasteiger partial charge in [-0.15, -0.1) is 0 Å². The van der Waals surface area contributed by atoms with Crippen molar-refractivity contribution in [1.29, 1.82) is 0 Å². The quantitative estimate of drug-likeness (QED) is 0.662. The molecule has 1 amide bonds. The van der Waals surface area contributed by atoms with Crippen LogP contribution in [0.2, 0.25) is 5.15 Å². The van der Waals surface area contributed by atoms with Gasteiger partial charge in [-0.1, -0.05) is 11.6 Å². The highest BCUT2D eigenvalue weighted by Gasteiger charge is 2.16. The van der Waals surface area contributed by atoms with Crippen LogP contribution in [0.15, 0.2) is 24.4 Å². The number of hydrogen-bond acceptors (Lipinski definition) is 3. The molecule has 1 aromatic heterocycles. The Morgan fingerprint density at radius 1 is 1.15 bits per heavy atom. The molecule has 0 bridgehead atoms. The first kappa shape index (κ1) is 14.1. The molecule has 1 heterocycles. The highest BCUT2D eigenvalue weighted by atomic mass is 35.5. The number of amides is 1. The van der Waals surface area contributed by atoms with Crippen molar-refractivity contribution in [3.63, 3.8) is 0 Å². The van der Waals surface area contributed by atoms with Gasteiger partial charge in [0.05, 0.1) is 23.1 Å². The van der Waals surface area contributed by atoms with Crippen molar-refractivity contribution >= 4 is 28.9 Å². The Labute approximate surface area is 116 Å². The minimum Gasteiger partial charge on any atom is -0.397 e. The monoisotopic (exact) mass is 301 g/mol. The van der Waals surface area contributed by atoms with Gasteiger partial charge in [0.25, 0.3) is 5.91 Å². The van der Waals surface area contributed by atoms with Crippen LogP contribution in [0.25, 0.3) is 0 Å². The molecule has 104 valence electrons. The molecule has 4 nitrogen and oxygen atoms in total. The average Bonchev–Trinajstić information content (AvgIpc) is 2.38. The number of nitrogens with zero attached hydrogens (tertiary/aromatic N) is 1. The van der Waals surface area contributed by atoms with Crippen LogP contribution in [-0.4, -0.2) is 10.9 Å². The fourth-order valence-electron chi connectivity index (χ4n) is 1.43. The highest BCUT2D eigenvalue weighted by molar-refractivity contribution is 6.33. The predicted molar refractivity (Wildman–Crippen MR) is 67.9 cm³/mol. The van der Waals surface area contributed by atoms with E-state index in [1.165, 1.54) is 12.3 Å². The molecule has 0 aliphatic carbocycles. The Hall–Kier alpha value is -2.28. The number of anilines is 2. The Balaban J connectivity index is 2.32. The van der Waals surface area contributed by atoms with E-state index in [1.54, 1.807) is 0 Å². The normalized spacial score (nSPS) is 10.4. The number of benzene rings is 1. The zero-order valence-electron chi connectivity index (χ0n) is 9.75. The van der Waals surface area contributed by atoms with E-state index in [0.29, 0.717) is 12.1 Å². The van der Waals surface area contributed by atoms with E-state index in [0.717, 1.165) is 0 Å². The van der Waals surface area contributed by atoms with E-state index in [2.05, 4.69) is 10.3 Å². The van der Waals surface area contributed by atoms with Crippen molar-refractivity contribution in [3.05, 3.63) is 52.6 Å². The fraction of sp³-hybridized carbons (Fsp3) is 0. The topological polar surface area (TPSA) is 68.0 Å². The number of carbonyl (C=O) groups is 1. The zero-order chi connectivity index (χ0) is 14.9. The van der Waals surface area contributed by atoms with Crippen molar-refractivity contribution in [1.82, 2.24) is 4.98 Å². The van der Waals surface area contributed by atoms with Gasteiger partial charge in [0.15, 0.2) is 11.6 Å². The summed E-state index contributed by atoms with van der Waals surface area (Å²) in [7, 11) is 0. The van der Waals surface area contributed by atoms with Gasteiger partial charge in [0.2, 0.25) is 0 Å². The molecule has 2 rings (SSSR count). The minimum atomic E-state index is -1.36. The number of halogens is 4. The summed E-state index contributed by atoms with van der Waals surface area (Å²) in [5.41, 5.74) is 4.98. The summed E-state index contributed by atoms with van der Waals surface area (Å²) in [4.78, 5) is 15.5. The lowest BCUT2D eigenvalue weighted by Crippen LogP contribution is -2.15. The molecular formula is C12H7ClF3N3O. The molecule has 0 aliphatic heterocycles. The molecule has 0 radical (unpaired) electrons. The maximum Gasteiger partial charge on any atom is 0.258 e. The fourth-order valence-corrected chi connectivity index (χ4v) is 1.62. The van der Waals surface area contributed by atoms with Crippen molar-refractivity contribution in [2.45, 2.75) is 0 Å². The number of nitrogens with two attached hydrogens (primary N) is 1. The predicted octanol–water partition coefficient (Wildman–Crippen LogP) is 2.99. The summed E-state index contributed by atoms with van der Waals surface area (Å²) in [5, 5.41) is 1.91. The minimum absolute atomic E-state index is 0.115. The lowest BCUT2D eigenvalue weighted by atomic mass is 10.2. The molecule has 0 saturated heterocycles. The van der Waals surface area contributed by atoms with Crippen molar-refractivity contribution in [2.75, 3.05) is 11.1 Å². The van der Waals surface area contributed by atoms with Crippen molar-refractivity contribution in [2.24, 2.45) is 0 Å². The van der Waals surface area contributed by atoms with Crippen LogP contribution in [0.5, 0.6) is 0 Å². The first-order valence-electron chi connectivity index (χ1n) is 5.25. The molecule has 20 heavy (non-hydrogen) atoms. The summed E-state index contributed by atoms with van der Waals surface area (Å²) in [6, 6.07) is 2.07. The third-order valence-corrected chi connectivity index (χ3v) is 2.66. The number of hydrogen-bond donors (Lipinski definition) is 2. The van der Waals surface area contributed by atoms with Crippen molar-refractivity contribution < 1.29 is 18.0 Å². The molecule has 0 fully saturated rings. The molecule has 0 aliphatic rings. The van der Waals surface area contributed by atoms with Crippen LogP contribution in [0.4, 0.5) is 24.5 Å². The smallest absolute Gasteiger partial charge is 0.258 e. The van der Waals surface area contributed by atoms with E-state index >= 15 is 0 Å². The molecule has 0 spiro atoms. The number of rotatable bonds is 2. The van der Waals surface area contributed by atoms with E-state index in [-0.39, 0.29) is 16.4 Å². The first-order chi connectivity index (χ1) is 9.38. The van der Waals surface area contributed by atoms with E-state index < -0.39 is 29.0 Å². The maximum atomic E-state index is 13.4. The average molecular weight is 302 g/mol. The molecular weight excluding hydrogens is 295 g/mol. The lowest BCUT2D eigenvalue weighted by Gasteiger charge is -2.08. The Bertz CT molecular complexity index is 694. The molecule has 0 saturated carbocycles. The molecule has 1 aromatic carbocycles. The molecule has 3 N–H and O–H groups in total. The number of carbonyl (C=O) groups excluding carboxylic acids is 1. The van der Waals surface area contributed by atoms with Gasteiger partial charge in [0.1, 0.15) is 11.0 Å². The second kappa shape index (κ2) is 5.38. The highest BCUT2D eigenvalue weighted by Crippen LogP contribution is 2.21. The van der Waals surface area contributed by atoms with Gasteiger partial charge in [-0.2, -0.15) is 0 Å². The molecule has 0 atom stereocenters. The maximum absolute atomic E-state index is 13.4. The largest absolute Gasteiger partial charge is 0.397 e. The van der Waals surface area contributed by atoms with Crippen LogP contribution >= 0.6 is 11.6 Å². The van der Waals surface area contributed by atoms with Crippen molar-refractivity contribution in [3.8, 4) is 0 Å². The van der Waals surface area contributed by atoms with Crippen LogP contribution in [-0.2, 0) is 0 Å². The third-order valence-electron chi connectivity index (χ3n) is 2.36. The number of nitrogen functional groups attached to an aromatic ring is 1. The van der Waals surface area contributed by atoms with Gasteiger partial charge in [-0.05, 0) is 6.07 Å². The summed E-state index contributed by atoms with van der Waals surface area (Å²) in [5.74, 6) is -4.62. The number of aromatic nitrogens is 1. The summed E-state index contributed by atoms with van der Waals surface area (Å²) < 4.78 is 39.2. The first-order valence-corrected chi connectivity index (χ1v) is 5.63. The van der Waals surface area contributed by atoms with Crippen LogP contribution < -0.4 is 11.1 Å². The van der Waals surface area contributed by atoms with Gasteiger partial charge in [-0.3, -0.25) is 4.79 Å². The van der Waals surface area contributed by atoms with E-state index in [4.69, 9.17) is 17.3 Å². The van der Waals surface area contributed by atoms with Crippen LogP contribution in [0.1, 0.15) is 10.4 Å². The SMILES string of the molecule is Nc1cnc(Cl)c(C(=O)Nc2cc(F)c(F)cc2F)c1. The summed E-state index contributed by atoms with van der Waals surface area (Å²) in [6.45, 7) is 0. The van der Waals surface area contributed by atoms with Gasteiger partial charge < -0.3 is 11.1 Å².